The Kier molecular flexibility index (Phi) is 10.5. The van der Waals surface area contributed by atoms with Crippen LogP contribution in [0.5, 0.6) is 5.75 Å². The molecule has 0 amide bonds. The first-order chi connectivity index (χ1) is 18.3. The fourth-order valence-electron chi connectivity index (χ4n) is 4.54. The zero-order valence-electron chi connectivity index (χ0n) is 24.7. The summed E-state index contributed by atoms with van der Waals surface area (Å²) in [4.78, 5) is 14.2. The molecule has 1 aliphatic heterocycles. The lowest BCUT2D eigenvalue weighted by atomic mass is 9.96. The predicted octanol–water partition coefficient (Wildman–Crippen LogP) is 7.95. The maximum Gasteiger partial charge on any atom is 0.464 e. The number of hydrogen-bond donors (Lipinski definition) is 0. The number of hydrogen-bond acceptors (Lipinski definition) is 8. The van der Waals surface area contributed by atoms with Gasteiger partial charge in [-0.1, -0.05) is 0 Å². The van der Waals surface area contributed by atoms with Crippen LogP contribution in [0.15, 0.2) is 12.1 Å². The molecule has 0 radical (unpaired) electrons. The third kappa shape index (κ3) is 6.47. The molecule has 0 spiro atoms. The van der Waals surface area contributed by atoms with Gasteiger partial charge in [0.1, 0.15) is 0 Å². The average Bonchev–Trinajstić information content (AvgIpc) is 2.98. The molecule has 0 N–H and O–H groups in total. The van der Waals surface area contributed by atoms with Crippen LogP contribution >= 0.6 is 15.5 Å². The molecule has 0 saturated carbocycles. The topological polar surface area (TPSA) is 95.5 Å². The van der Waals surface area contributed by atoms with Crippen LogP contribution < -0.4 is 9.42 Å². The summed E-state index contributed by atoms with van der Waals surface area (Å²) in [5.41, 5.74) is -2.29. The molecule has 1 aliphatic rings. The smallest absolute Gasteiger partial charge is 0.464 e. The highest BCUT2D eigenvalue weighted by Gasteiger charge is 2.82. The molecule has 18 heteroatoms. The number of alkyl halides is 6. The van der Waals surface area contributed by atoms with Gasteiger partial charge in [0.2, 0.25) is 0 Å². The van der Waals surface area contributed by atoms with Gasteiger partial charge in [-0.3, -0.25) is 4.57 Å². The van der Waals surface area contributed by atoms with Crippen LogP contribution in [0.3, 0.4) is 0 Å². The average molecular weight is 675 g/mol. The summed E-state index contributed by atoms with van der Waals surface area (Å²) in [6.45, 7) is 11.7. The minimum atomic E-state index is -5.60. The highest BCUT2D eigenvalue weighted by molar-refractivity contribution is 7.61. The molecule has 1 aromatic rings. The fourth-order valence-corrected chi connectivity index (χ4v) is 13.1. The second kappa shape index (κ2) is 11.8. The first-order valence-corrected chi connectivity index (χ1v) is 22.7. The highest BCUT2D eigenvalue weighted by atomic mass is 31.2. The second-order valence-electron chi connectivity index (χ2n) is 11.2. The number of fused-ring (bicyclic) bond motifs is 1. The van der Waals surface area contributed by atoms with Crippen LogP contribution in [-0.4, -0.2) is 48.8 Å². The summed E-state index contributed by atoms with van der Waals surface area (Å²) in [5.74, 6) is -1.13. The third-order valence-corrected chi connectivity index (χ3v) is 12.6. The summed E-state index contributed by atoms with van der Waals surface area (Å²) in [7, 11) is -17.7. The van der Waals surface area contributed by atoms with Gasteiger partial charge in [0, 0.05) is 0 Å². The molecular weight excluding hydrogens is 636 g/mol. The molecule has 1 heterocycles. The second-order valence-corrected chi connectivity index (χ2v) is 24.3. The maximum atomic E-state index is 15.5. The van der Waals surface area contributed by atoms with Crippen molar-refractivity contribution in [3.63, 3.8) is 0 Å². The fraction of sp³-hybridized carbons (Fsp3) is 0.739. The molecular formula is C23H38F6O8P2Si2. The van der Waals surface area contributed by atoms with Gasteiger partial charge in [-0.2, -0.15) is 30.9 Å². The number of rotatable bonds is 12. The van der Waals surface area contributed by atoms with Crippen LogP contribution in [0, 0.1) is 6.92 Å². The van der Waals surface area contributed by atoms with E-state index in [0.29, 0.717) is 0 Å². The third-order valence-electron chi connectivity index (χ3n) is 5.52. The molecule has 1 unspecified atom stereocenters. The van der Waals surface area contributed by atoms with E-state index < -0.39 is 91.9 Å². The standard InChI is InChI=1S/C23H38F6O8P2Si2/c1-11-32-38(30,33-12-2)20(22(24,25)26,36-40(5,6)7)17-14-16(4)15-18-19(17)35-39(31,34-13-3)21(18,23(27,28)29)37-41(8,9)10/h14-15H,11-13H2,1-10H3/t20-,21-,39?/m0/s1. The van der Waals surface area contributed by atoms with E-state index in [4.69, 9.17) is 26.9 Å². The molecule has 8 nitrogen and oxygen atoms in total. The van der Waals surface area contributed by atoms with Gasteiger partial charge < -0.3 is 27.3 Å². The molecule has 1 aromatic carbocycles. The van der Waals surface area contributed by atoms with E-state index in [2.05, 4.69) is 0 Å². The van der Waals surface area contributed by atoms with E-state index in [-0.39, 0.29) is 5.56 Å². The van der Waals surface area contributed by atoms with Crippen molar-refractivity contribution >= 4 is 32.2 Å². The lowest BCUT2D eigenvalue weighted by Crippen LogP contribution is -2.53. The van der Waals surface area contributed by atoms with Gasteiger partial charge in [0.05, 0.1) is 30.9 Å². The molecule has 0 saturated heterocycles. The van der Waals surface area contributed by atoms with Crippen molar-refractivity contribution in [2.45, 2.75) is 90.0 Å². The number of aryl methyl sites for hydroxylation is 1. The first kappa shape index (κ1) is 36.6. The quantitative estimate of drug-likeness (QED) is 0.125. The molecule has 238 valence electrons. The van der Waals surface area contributed by atoms with Gasteiger partial charge in [-0.25, -0.2) is 0 Å². The van der Waals surface area contributed by atoms with Crippen LogP contribution in [0.2, 0.25) is 39.3 Å². The Labute approximate surface area is 239 Å². The van der Waals surface area contributed by atoms with Gasteiger partial charge in [0.15, 0.2) is 22.4 Å². The zero-order valence-corrected chi connectivity index (χ0v) is 28.5. The Morgan fingerprint density at radius 1 is 0.927 bits per heavy atom. The normalized spacial score (nSPS) is 23.7. The van der Waals surface area contributed by atoms with Gasteiger partial charge in [-0.05, 0) is 84.7 Å². The number of halogens is 6. The minimum Gasteiger partial charge on any atom is -0.621 e. The van der Waals surface area contributed by atoms with Crippen LogP contribution in [0.1, 0.15) is 37.5 Å². The largest absolute Gasteiger partial charge is 0.621 e. The summed E-state index contributed by atoms with van der Waals surface area (Å²) in [5, 5.41) is -7.75. The monoisotopic (exact) mass is 674 g/mol. The van der Waals surface area contributed by atoms with Crippen molar-refractivity contribution in [2.75, 3.05) is 19.8 Å². The Balaban J connectivity index is 3.32. The van der Waals surface area contributed by atoms with Crippen molar-refractivity contribution < 1.29 is 62.7 Å². The van der Waals surface area contributed by atoms with Crippen molar-refractivity contribution in [2.24, 2.45) is 0 Å². The Morgan fingerprint density at radius 2 is 1.44 bits per heavy atom. The Bertz CT molecular complexity index is 1150. The summed E-state index contributed by atoms with van der Waals surface area (Å²) < 4.78 is 139. The van der Waals surface area contributed by atoms with E-state index >= 15 is 26.3 Å². The van der Waals surface area contributed by atoms with Crippen molar-refractivity contribution in [1.82, 2.24) is 0 Å². The summed E-state index contributed by atoms with van der Waals surface area (Å²) >= 11 is 0. The van der Waals surface area contributed by atoms with E-state index in [1.165, 1.54) is 67.0 Å². The maximum absolute atomic E-state index is 15.5. The molecule has 3 atom stereocenters. The van der Waals surface area contributed by atoms with E-state index in [9.17, 15) is 9.46 Å². The predicted molar refractivity (Wildman–Crippen MR) is 146 cm³/mol. The van der Waals surface area contributed by atoms with E-state index in [1.54, 1.807) is 0 Å². The van der Waals surface area contributed by atoms with Crippen LogP contribution in [0.25, 0.3) is 0 Å². The van der Waals surface area contributed by atoms with Crippen LogP contribution in [0.4, 0.5) is 26.3 Å². The summed E-state index contributed by atoms with van der Waals surface area (Å²) in [6.07, 6.45) is -11.1. The van der Waals surface area contributed by atoms with Gasteiger partial charge in [-0.15, -0.1) is 0 Å². The van der Waals surface area contributed by atoms with E-state index in [0.717, 1.165) is 12.1 Å². The van der Waals surface area contributed by atoms with Gasteiger partial charge >= 0.3 is 33.2 Å². The summed E-state index contributed by atoms with van der Waals surface area (Å²) in [6, 6.07) is 1.71. The lowest BCUT2D eigenvalue weighted by molar-refractivity contribution is -0.276. The lowest BCUT2D eigenvalue weighted by Gasteiger charge is -2.43. The molecule has 41 heavy (non-hydrogen) atoms. The highest BCUT2D eigenvalue weighted by Crippen LogP contribution is 2.82. The zero-order chi connectivity index (χ0) is 32.1. The van der Waals surface area contributed by atoms with Crippen LogP contribution in [-0.2, 0) is 37.7 Å². The van der Waals surface area contributed by atoms with E-state index in [1.807, 2.05) is 0 Å². The Hall–Kier alpha value is -0.546. The molecule has 0 bridgehead atoms. The van der Waals surface area contributed by atoms with Gasteiger partial charge in [0.25, 0.3) is 5.34 Å². The number of benzene rings is 1. The molecule has 0 aliphatic carbocycles. The molecule has 2 rings (SSSR count). The van der Waals surface area contributed by atoms with Crippen molar-refractivity contribution in [3.05, 3.63) is 28.8 Å². The van der Waals surface area contributed by atoms with Crippen molar-refractivity contribution in [3.8, 4) is 5.75 Å². The minimum absolute atomic E-state index is 0.146. The first-order valence-electron chi connectivity index (χ1n) is 12.8. The molecule has 0 fully saturated rings. The van der Waals surface area contributed by atoms with Crippen molar-refractivity contribution in [1.29, 1.82) is 0 Å². The Morgan fingerprint density at radius 3 is 1.80 bits per heavy atom. The molecule has 0 aromatic heterocycles. The SMILES string of the molecule is CCOP(=O)(OCC)[C@@](O[Si](C)(C)C)(c1cc(C)cc2c1O[P+]([O-])(OCC)[C@]2(O[Si](C)(C)C)C(F)(F)F)C(F)(F)F.